The normalized spacial score (nSPS) is 16.4. The molecule has 0 radical (unpaired) electrons. The first-order valence-corrected chi connectivity index (χ1v) is 17.8. The van der Waals surface area contributed by atoms with E-state index < -0.39 is 0 Å². The molecule has 0 amide bonds. The average Bonchev–Trinajstić information content (AvgIpc) is 3.58. The zero-order valence-corrected chi connectivity index (χ0v) is 29.0. The lowest BCUT2D eigenvalue weighted by molar-refractivity contribution is 0.661. The summed E-state index contributed by atoms with van der Waals surface area (Å²) >= 11 is 0. The molecule has 0 spiro atoms. The SMILES string of the molecule is CC1(C)c2cc3ccccc3cc2-c2c(-c3cc(-c4ccc5c(c4)-c4ccccc4C5(C)c4ccccc4)nc(-c4ccccc4)n3)cccc21. The van der Waals surface area contributed by atoms with Gasteiger partial charge in [0.25, 0.3) is 0 Å². The smallest absolute Gasteiger partial charge is 0.160 e. The van der Waals surface area contributed by atoms with Crippen molar-refractivity contribution in [2.75, 3.05) is 0 Å². The molecule has 0 saturated carbocycles. The third-order valence-corrected chi connectivity index (χ3v) is 11.6. The van der Waals surface area contributed by atoms with Gasteiger partial charge in [-0.05, 0) is 92.0 Å². The van der Waals surface area contributed by atoms with Gasteiger partial charge in [0.2, 0.25) is 0 Å². The molecule has 51 heavy (non-hydrogen) atoms. The van der Waals surface area contributed by atoms with Crippen LogP contribution in [0.2, 0.25) is 0 Å². The summed E-state index contributed by atoms with van der Waals surface area (Å²) < 4.78 is 0. The molecule has 1 unspecified atom stereocenters. The van der Waals surface area contributed by atoms with Gasteiger partial charge in [0.05, 0.1) is 11.4 Å². The minimum atomic E-state index is -0.243. The molecular weight excluding hydrogens is 617 g/mol. The molecule has 2 aliphatic rings. The third-order valence-electron chi connectivity index (χ3n) is 11.6. The predicted octanol–water partition coefficient (Wildman–Crippen LogP) is 12.3. The van der Waals surface area contributed by atoms with Crippen LogP contribution >= 0.6 is 0 Å². The van der Waals surface area contributed by atoms with E-state index in [0.29, 0.717) is 0 Å². The quantitative estimate of drug-likeness (QED) is 0.189. The van der Waals surface area contributed by atoms with E-state index in [1.807, 2.05) is 6.07 Å². The number of nitrogens with zero attached hydrogens (tertiary/aromatic N) is 2. The topological polar surface area (TPSA) is 25.8 Å². The van der Waals surface area contributed by atoms with Crippen LogP contribution in [0.5, 0.6) is 0 Å². The molecule has 7 aromatic carbocycles. The highest BCUT2D eigenvalue weighted by Gasteiger charge is 2.41. The van der Waals surface area contributed by atoms with Crippen molar-refractivity contribution >= 4 is 10.8 Å². The lowest BCUT2D eigenvalue weighted by Crippen LogP contribution is -2.22. The van der Waals surface area contributed by atoms with Gasteiger partial charge in [-0.25, -0.2) is 9.97 Å². The Morgan fingerprint density at radius 3 is 1.82 bits per heavy atom. The summed E-state index contributed by atoms with van der Waals surface area (Å²) in [5.41, 5.74) is 16.5. The molecule has 242 valence electrons. The van der Waals surface area contributed by atoms with Crippen molar-refractivity contribution < 1.29 is 0 Å². The first-order chi connectivity index (χ1) is 24.9. The Kier molecular flexibility index (Phi) is 6.38. The Bertz CT molecular complexity index is 2670. The summed E-state index contributed by atoms with van der Waals surface area (Å²) in [6.45, 7) is 7.06. The second-order valence-corrected chi connectivity index (χ2v) is 14.7. The molecule has 10 rings (SSSR count). The van der Waals surface area contributed by atoms with Gasteiger partial charge in [0.15, 0.2) is 5.82 Å². The maximum atomic E-state index is 5.32. The van der Waals surface area contributed by atoms with Crippen LogP contribution in [0.4, 0.5) is 0 Å². The molecule has 2 nitrogen and oxygen atoms in total. The first-order valence-electron chi connectivity index (χ1n) is 17.8. The number of benzene rings is 7. The van der Waals surface area contributed by atoms with Crippen molar-refractivity contribution in [2.24, 2.45) is 0 Å². The average molecular weight is 653 g/mol. The second-order valence-electron chi connectivity index (χ2n) is 14.7. The van der Waals surface area contributed by atoms with Crippen molar-refractivity contribution in [1.29, 1.82) is 0 Å². The third kappa shape index (κ3) is 4.36. The van der Waals surface area contributed by atoms with E-state index in [4.69, 9.17) is 9.97 Å². The van der Waals surface area contributed by atoms with Gasteiger partial charge in [-0.15, -0.1) is 0 Å². The Balaban J connectivity index is 1.19. The highest BCUT2D eigenvalue weighted by atomic mass is 14.9. The van der Waals surface area contributed by atoms with Crippen LogP contribution in [0.3, 0.4) is 0 Å². The van der Waals surface area contributed by atoms with Crippen molar-refractivity contribution in [3.05, 3.63) is 192 Å². The Morgan fingerprint density at radius 1 is 0.392 bits per heavy atom. The molecule has 0 fully saturated rings. The monoisotopic (exact) mass is 652 g/mol. The van der Waals surface area contributed by atoms with E-state index in [9.17, 15) is 0 Å². The highest BCUT2D eigenvalue weighted by Crippen LogP contribution is 2.55. The van der Waals surface area contributed by atoms with Gasteiger partial charge >= 0.3 is 0 Å². The predicted molar refractivity (Wildman–Crippen MR) is 211 cm³/mol. The Labute approximate surface area is 299 Å². The van der Waals surface area contributed by atoms with Gasteiger partial charge in [-0.3, -0.25) is 0 Å². The van der Waals surface area contributed by atoms with Crippen LogP contribution in [-0.4, -0.2) is 9.97 Å². The lowest BCUT2D eigenvalue weighted by Gasteiger charge is -2.28. The fraction of sp³-hybridized carbons (Fsp3) is 0.102. The van der Waals surface area contributed by atoms with E-state index in [0.717, 1.165) is 33.9 Å². The number of rotatable bonds is 4. The summed E-state index contributed by atoms with van der Waals surface area (Å²) in [5.74, 6) is 0.728. The second kappa shape index (κ2) is 10.9. The Hall–Kier alpha value is -6.12. The zero-order valence-electron chi connectivity index (χ0n) is 29.0. The Morgan fingerprint density at radius 2 is 1.02 bits per heavy atom. The molecular formula is C49H36N2. The molecule has 1 heterocycles. The lowest BCUT2D eigenvalue weighted by atomic mass is 9.74. The fourth-order valence-electron chi connectivity index (χ4n) is 8.88. The van der Waals surface area contributed by atoms with Gasteiger partial charge in [-0.1, -0.05) is 153 Å². The van der Waals surface area contributed by atoms with E-state index in [-0.39, 0.29) is 10.8 Å². The van der Waals surface area contributed by atoms with Gasteiger partial charge in [0.1, 0.15) is 0 Å². The van der Waals surface area contributed by atoms with Gasteiger partial charge in [-0.2, -0.15) is 0 Å². The van der Waals surface area contributed by atoms with Crippen LogP contribution in [0.1, 0.15) is 48.6 Å². The molecule has 0 bridgehead atoms. The number of fused-ring (bicyclic) bond motifs is 7. The summed E-state index contributed by atoms with van der Waals surface area (Å²) in [6, 6.07) is 59.5. The fourth-order valence-corrected chi connectivity index (χ4v) is 8.88. The summed E-state index contributed by atoms with van der Waals surface area (Å²) in [7, 11) is 0. The van der Waals surface area contributed by atoms with Crippen LogP contribution < -0.4 is 0 Å². The number of hydrogen-bond donors (Lipinski definition) is 0. The molecule has 2 aliphatic carbocycles. The van der Waals surface area contributed by atoms with Crippen molar-refractivity contribution in [1.82, 2.24) is 9.97 Å². The molecule has 1 atom stereocenters. The molecule has 0 aliphatic heterocycles. The molecule has 2 heteroatoms. The van der Waals surface area contributed by atoms with Crippen molar-refractivity contribution in [3.63, 3.8) is 0 Å². The van der Waals surface area contributed by atoms with Crippen molar-refractivity contribution in [3.8, 4) is 56.2 Å². The van der Waals surface area contributed by atoms with E-state index >= 15 is 0 Å². The molecule has 0 N–H and O–H groups in total. The maximum Gasteiger partial charge on any atom is 0.160 e. The van der Waals surface area contributed by atoms with E-state index in [2.05, 4.69) is 178 Å². The van der Waals surface area contributed by atoms with Gasteiger partial charge in [0, 0.05) is 27.5 Å². The minimum Gasteiger partial charge on any atom is -0.228 e. The minimum absolute atomic E-state index is 0.137. The van der Waals surface area contributed by atoms with Crippen LogP contribution in [0.25, 0.3) is 66.9 Å². The maximum absolute atomic E-state index is 5.32. The number of aromatic nitrogens is 2. The van der Waals surface area contributed by atoms with Crippen LogP contribution in [0, 0.1) is 0 Å². The number of hydrogen-bond acceptors (Lipinski definition) is 2. The summed E-state index contributed by atoms with van der Waals surface area (Å²) in [5, 5.41) is 2.53. The van der Waals surface area contributed by atoms with Gasteiger partial charge < -0.3 is 0 Å². The molecule has 1 aromatic heterocycles. The summed E-state index contributed by atoms with van der Waals surface area (Å²) in [6.07, 6.45) is 0. The highest BCUT2D eigenvalue weighted by molar-refractivity contribution is 5.98. The largest absolute Gasteiger partial charge is 0.228 e. The first kappa shape index (κ1) is 29.8. The van der Waals surface area contributed by atoms with E-state index in [1.165, 1.54) is 60.8 Å². The summed E-state index contributed by atoms with van der Waals surface area (Å²) in [4.78, 5) is 10.6. The molecule has 0 saturated heterocycles. The standard InChI is InChI=1S/C49H36N2/c1-48(2)42-24-14-22-37(46(42)39-27-32-17-10-11-18-33(32)29-43(39)48)45-30-44(50-47(51-45)31-15-6-4-7-16-31)34-25-26-41-38(28-34)36-21-12-13-23-40(36)49(41,3)35-19-8-5-9-20-35/h4-30H,1-3H3. The van der Waals surface area contributed by atoms with Crippen LogP contribution in [0.15, 0.2) is 164 Å². The zero-order chi connectivity index (χ0) is 34.3. The van der Waals surface area contributed by atoms with E-state index in [1.54, 1.807) is 0 Å². The van der Waals surface area contributed by atoms with Crippen LogP contribution in [-0.2, 0) is 10.8 Å². The van der Waals surface area contributed by atoms with Crippen molar-refractivity contribution in [2.45, 2.75) is 31.6 Å². The molecule has 8 aromatic rings.